The van der Waals surface area contributed by atoms with Crippen molar-refractivity contribution in [3.8, 4) is 5.97 Å². The first kappa shape index (κ1) is 11.1. The molecule has 0 amide bonds. The highest BCUT2D eigenvalue weighted by molar-refractivity contribution is 6.67. The number of anilines is 1. The van der Waals surface area contributed by atoms with Crippen LogP contribution in [0.2, 0.25) is 12.6 Å². The van der Waals surface area contributed by atoms with Gasteiger partial charge in [0.25, 0.3) is 6.71 Å². The normalized spacial score (nSPS) is 19.9. The average molecular weight is 239 g/mol. The Hall–Kier alpha value is -2.03. The van der Waals surface area contributed by atoms with E-state index in [0.717, 1.165) is 36.8 Å². The van der Waals surface area contributed by atoms with Gasteiger partial charge in [0.15, 0.2) is 5.65 Å². The Morgan fingerprint density at radius 2 is 2.44 bits per heavy atom. The molecule has 90 valence electrons. The van der Waals surface area contributed by atoms with Crippen LogP contribution in [0.1, 0.15) is 24.5 Å². The van der Waals surface area contributed by atoms with Crippen LogP contribution in [0.3, 0.4) is 0 Å². The molecule has 1 aliphatic rings. The number of rotatable bonds is 1. The Balaban J connectivity index is 1.96. The quantitative estimate of drug-likeness (QED) is 0.768. The third kappa shape index (κ3) is 1.82. The fourth-order valence-corrected chi connectivity index (χ4v) is 2.74. The zero-order valence-electron chi connectivity index (χ0n) is 10.1. The van der Waals surface area contributed by atoms with Gasteiger partial charge in [-0.3, -0.25) is 0 Å². The first-order valence-corrected chi connectivity index (χ1v) is 6.27. The third-order valence-electron chi connectivity index (χ3n) is 3.68. The topological polar surface area (TPSA) is 80.0 Å². The zero-order chi connectivity index (χ0) is 12.5. The van der Waals surface area contributed by atoms with Crippen molar-refractivity contribution in [2.45, 2.75) is 31.4 Å². The van der Waals surface area contributed by atoms with Gasteiger partial charge < -0.3 is 5.73 Å². The molecule has 3 heterocycles. The maximum atomic E-state index is 9.04. The Labute approximate surface area is 106 Å². The summed E-state index contributed by atoms with van der Waals surface area (Å²) in [6.45, 7) is 0.160. The molecule has 3 rings (SSSR count). The lowest BCUT2D eigenvalue weighted by atomic mass is 9.41. The van der Waals surface area contributed by atoms with Crippen molar-refractivity contribution < 1.29 is 0 Å². The molecule has 1 saturated heterocycles. The summed E-state index contributed by atoms with van der Waals surface area (Å²) in [6, 6.07) is 3.74. The average Bonchev–Trinajstić information content (AvgIpc) is 2.87. The van der Waals surface area contributed by atoms with E-state index in [1.807, 2.05) is 12.1 Å². The molecular formula is C12H14BN5. The van der Waals surface area contributed by atoms with E-state index < -0.39 is 0 Å². The van der Waals surface area contributed by atoms with Gasteiger partial charge in [0.05, 0.1) is 6.20 Å². The fraction of sp³-hybridized carbons (Fsp3) is 0.417. The molecule has 0 radical (unpaired) electrons. The first-order valence-electron chi connectivity index (χ1n) is 6.27. The number of aromatic nitrogens is 3. The van der Waals surface area contributed by atoms with Crippen LogP contribution in [-0.2, 0) is 0 Å². The van der Waals surface area contributed by atoms with E-state index >= 15 is 0 Å². The van der Waals surface area contributed by atoms with Crippen LogP contribution in [0.5, 0.6) is 0 Å². The van der Waals surface area contributed by atoms with E-state index in [2.05, 4.69) is 16.1 Å². The lowest BCUT2D eigenvalue weighted by Gasteiger charge is -2.23. The van der Waals surface area contributed by atoms with Gasteiger partial charge in [-0.05, 0) is 12.3 Å². The summed E-state index contributed by atoms with van der Waals surface area (Å²) in [5.74, 6) is 3.34. The number of nitrogens with zero attached hydrogens (tertiary/aromatic N) is 4. The van der Waals surface area contributed by atoms with Crippen molar-refractivity contribution in [3.05, 3.63) is 24.0 Å². The molecule has 1 fully saturated rings. The van der Waals surface area contributed by atoms with Crippen molar-refractivity contribution in [3.63, 3.8) is 0 Å². The van der Waals surface area contributed by atoms with Crippen LogP contribution in [0.25, 0.3) is 5.65 Å². The maximum absolute atomic E-state index is 9.04. The van der Waals surface area contributed by atoms with Gasteiger partial charge in [0, 0.05) is 23.8 Å². The minimum absolute atomic E-state index is 0.160. The highest BCUT2D eigenvalue weighted by atomic mass is 15.3. The molecule has 0 spiro atoms. The highest BCUT2D eigenvalue weighted by Crippen LogP contribution is 2.33. The van der Waals surface area contributed by atoms with Crippen molar-refractivity contribution in [1.29, 1.82) is 5.26 Å². The first-order chi connectivity index (χ1) is 8.78. The van der Waals surface area contributed by atoms with Gasteiger partial charge in [-0.15, -0.1) is 0 Å². The van der Waals surface area contributed by atoms with Gasteiger partial charge in [-0.25, -0.2) is 10.2 Å². The minimum Gasteiger partial charge on any atom is -0.384 e. The summed E-state index contributed by atoms with van der Waals surface area (Å²) in [4.78, 5) is 4.60. The predicted octanol–water partition coefficient (Wildman–Crippen LogP) is 1.75. The summed E-state index contributed by atoms with van der Waals surface area (Å²) in [6.07, 6.45) is 5.79. The number of hydrogen-bond acceptors (Lipinski definition) is 4. The number of nitrogen functional groups attached to an aromatic ring is 1. The number of nitriles is 1. The molecule has 6 heteroatoms. The molecule has 0 aromatic carbocycles. The second-order valence-electron chi connectivity index (χ2n) is 4.90. The smallest absolute Gasteiger partial charge is 0.268 e. The second kappa shape index (κ2) is 4.33. The van der Waals surface area contributed by atoms with Crippen LogP contribution in [-0.4, -0.2) is 21.3 Å². The van der Waals surface area contributed by atoms with Crippen LogP contribution in [0, 0.1) is 11.2 Å². The Morgan fingerprint density at radius 1 is 1.56 bits per heavy atom. The third-order valence-corrected chi connectivity index (χ3v) is 3.68. The van der Waals surface area contributed by atoms with Gasteiger partial charge in [0.1, 0.15) is 5.82 Å². The van der Waals surface area contributed by atoms with Gasteiger partial charge >= 0.3 is 0 Å². The zero-order valence-corrected chi connectivity index (χ0v) is 10.1. The lowest BCUT2D eigenvalue weighted by Crippen LogP contribution is -2.21. The van der Waals surface area contributed by atoms with E-state index in [9.17, 15) is 0 Å². The summed E-state index contributed by atoms with van der Waals surface area (Å²) in [5.41, 5.74) is 7.75. The van der Waals surface area contributed by atoms with Gasteiger partial charge in [0.2, 0.25) is 0 Å². The molecular weight excluding hydrogens is 225 g/mol. The predicted molar refractivity (Wildman–Crippen MR) is 70.4 cm³/mol. The Morgan fingerprint density at radius 3 is 3.28 bits per heavy atom. The van der Waals surface area contributed by atoms with E-state index in [1.165, 1.54) is 0 Å². The van der Waals surface area contributed by atoms with Gasteiger partial charge in [-0.2, -0.15) is 9.61 Å². The van der Waals surface area contributed by atoms with Crippen LogP contribution < -0.4 is 5.73 Å². The summed E-state index contributed by atoms with van der Waals surface area (Å²) >= 11 is 0. The molecule has 18 heavy (non-hydrogen) atoms. The molecule has 0 bridgehead atoms. The monoisotopic (exact) mass is 239 g/mol. The molecule has 1 atom stereocenters. The minimum atomic E-state index is 0.160. The largest absolute Gasteiger partial charge is 0.384 e. The summed E-state index contributed by atoms with van der Waals surface area (Å²) in [5, 5.41) is 13.2. The van der Waals surface area contributed by atoms with Crippen molar-refractivity contribution >= 4 is 18.2 Å². The molecule has 2 aromatic heterocycles. The molecule has 0 saturated carbocycles. The van der Waals surface area contributed by atoms with E-state index in [4.69, 9.17) is 11.0 Å². The number of nitrogens with two attached hydrogens (primary N) is 1. The van der Waals surface area contributed by atoms with Crippen molar-refractivity contribution in [2.75, 3.05) is 5.73 Å². The Kier molecular flexibility index (Phi) is 2.67. The van der Waals surface area contributed by atoms with E-state index in [-0.39, 0.29) is 6.71 Å². The van der Waals surface area contributed by atoms with Crippen LogP contribution in [0.4, 0.5) is 5.82 Å². The van der Waals surface area contributed by atoms with E-state index in [0.29, 0.717) is 11.7 Å². The maximum Gasteiger partial charge on any atom is 0.268 e. The number of hydrogen-bond donors (Lipinski definition) is 1. The molecule has 0 aliphatic carbocycles. The summed E-state index contributed by atoms with van der Waals surface area (Å²) in [7, 11) is 0. The molecule has 1 aliphatic heterocycles. The molecule has 1 unspecified atom stereocenters. The molecule has 2 aromatic rings. The molecule has 2 N–H and O–H groups in total. The van der Waals surface area contributed by atoms with E-state index in [1.54, 1.807) is 10.7 Å². The van der Waals surface area contributed by atoms with Crippen LogP contribution >= 0.6 is 0 Å². The van der Waals surface area contributed by atoms with Crippen LogP contribution in [0.15, 0.2) is 18.3 Å². The fourth-order valence-electron chi connectivity index (χ4n) is 2.74. The molecule has 5 nitrogen and oxygen atoms in total. The number of fused-ring (bicyclic) bond motifs is 1. The Bertz CT molecular complexity index is 614. The summed E-state index contributed by atoms with van der Waals surface area (Å²) < 4.78 is 1.63. The van der Waals surface area contributed by atoms with Crippen molar-refractivity contribution in [1.82, 2.24) is 14.6 Å². The van der Waals surface area contributed by atoms with Gasteiger partial charge in [-0.1, -0.05) is 19.1 Å². The standard InChI is InChI=1S/C12H14BN5/c14-8-13-4-1-2-9(7-13)10-6-11(15)18-12(17-10)3-5-16-18/h3,5-6,9H,1-2,4,7,15H2. The highest BCUT2D eigenvalue weighted by Gasteiger charge is 2.27. The van der Waals surface area contributed by atoms with Crippen molar-refractivity contribution in [2.24, 2.45) is 0 Å². The second-order valence-corrected chi connectivity index (χ2v) is 4.90. The lowest BCUT2D eigenvalue weighted by molar-refractivity contribution is 0.614. The SMILES string of the molecule is N#CB1CCCC(c2cc(N)n3nccc3n2)C1.